The van der Waals surface area contributed by atoms with Crippen LogP contribution in [0.5, 0.6) is 0 Å². The maximum absolute atomic E-state index is 11.2. The Morgan fingerprint density at radius 2 is 1.95 bits per heavy atom. The Hall–Kier alpha value is -1.76. The van der Waals surface area contributed by atoms with Gasteiger partial charge in [-0.1, -0.05) is 13.8 Å². The van der Waals surface area contributed by atoms with Gasteiger partial charge < -0.3 is 10.8 Å². The lowest BCUT2D eigenvalue weighted by atomic mass is 10.2. The van der Waals surface area contributed by atoms with Gasteiger partial charge in [0.2, 0.25) is 0 Å². The summed E-state index contributed by atoms with van der Waals surface area (Å²) in [5, 5.41) is 15.6. The summed E-state index contributed by atoms with van der Waals surface area (Å²) in [5.41, 5.74) is 6.63. The molecule has 0 atom stereocenters. The fraction of sp³-hybridized carbons (Fsp3) is 0.667. The molecule has 1 aliphatic rings. The molecule has 0 radical (unpaired) electrons. The Labute approximate surface area is 112 Å². The minimum Gasteiger partial charge on any atom is -0.477 e. The summed E-state index contributed by atoms with van der Waals surface area (Å²) in [4.78, 5) is 15.1. The lowest BCUT2D eigenvalue weighted by Crippen LogP contribution is -2.51. The predicted octanol–water partition coefficient (Wildman–Crippen LogP) is -0.000600. The van der Waals surface area contributed by atoms with Gasteiger partial charge in [0.05, 0.1) is 5.69 Å². The predicted molar refractivity (Wildman–Crippen MR) is 73.0 cm³/mol. The molecule has 0 amide bonds. The number of anilines is 1. The van der Waals surface area contributed by atoms with E-state index in [0.717, 1.165) is 32.7 Å². The van der Waals surface area contributed by atoms with E-state index in [2.05, 4.69) is 16.9 Å². The minimum atomic E-state index is -1.01. The molecule has 19 heavy (non-hydrogen) atoms. The first kappa shape index (κ1) is 13.7. The van der Waals surface area contributed by atoms with E-state index in [9.17, 15) is 9.90 Å². The summed E-state index contributed by atoms with van der Waals surface area (Å²) in [6, 6.07) is 0. The molecule has 0 aliphatic carbocycles. The monoisotopic (exact) mass is 267 g/mol. The summed E-state index contributed by atoms with van der Waals surface area (Å²) >= 11 is 0. The van der Waals surface area contributed by atoms with Crippen molar-refractivity contribution in [3.63, 3.8) is 0 Å². The van der Waals surface area contributed by atoms with Gasteiger partial charge in [-0.2, -0.15) is 9.89 Å². The second-order valence-corrected chi connectivity index (χ2v) is 4.64. The van der Waals surface area contributed by atoms with Gasteiger partial charge in [-0.05, 0) is 13.0 Å². The van der Waals surface area contributed by atoms with Crippen molar-refractivity contribution in [3.05, 3.63) is 11.3 Å². The molecule has 7 nitrogen and oxygen atoms in total. The maximum atomic E-state index is 11.2. The molecule has 1 aromatic rings. The molecule has 1 aromatic heterocycles. The summed E-state index contributed by atoms with van der Waals surface area (Å²) in [6.45, 7) is 8.55. The number of piperazine rings is 1. The van der Waals surface area contributed by atoms with Crippen LogP contribution in [0.2, 0.25) is 0 Å². The zero-order valence-corrected chi connectivity index (χ0v) is 11.5. The second-order valence-electron chi connectivity index (χ2n) is 4.64. The van der Waals surface area contributed by atoms with Gasteiger partial charge in [0.25, 0.3) is 0 Å². The van der Waals surface area contributed by atoms with Crippen LogP contribution in [0.4, 0.5) is 5.82 Å². The van der Waals surface area contributed by atoms with Crippen LogP contribution < -0.4 is 10.7 Å². The van der Waals surface area contributed by atoms with Crippen molar-refractivity contribution in [2.24, 2.45) is 0 Å². The van der Waals surface area contributed by atoms with E-state index in [-0.39, 0.29) is 11.4 Å². The smallest absolute Gasteiger partial charge is 0.341 e. The number of rotatable bonds is 4. The quantitative estimate of drug-likeness (QED) is 0.798. The number of aromatic nitrogens is 2. The Bertz CT molecular complexity index is 463. The van der Waals surface area contributed by atoms with Crippen molar-refractivity contribution in [3.8, 4) is 0 Å². The van der Waals surface area contributed by atoms with E-state index in [1.165, 1.54) is 0 Å². The third-order valence-corrected chi connectivity index (χ3v) is 3.59. The Kier molecular flexibility index (Phi) is 3.94. The first-order valence-corrected chi connectivity index (χ1v) is 6.66. The molecule has 2 heterocycles. The summed E-state index contributed by atoms with van der Waals surface area (Å²) < 4.78 is 0. The normalized spacial score (nSPS) is 16.8. The minimum absolute atomic E-state index is 0.139. The first-order valence-electron chi connectivity index (χ1n) is 6.66. The number of nitrogens with zero attached hydrogens (tertiary/aromatic N) is 4. The number of aryl methyl sites for hydroxylation is 1. The van der Waals surface area contributed by atoms with Gasteiger partial charge in [-0.25, -0.2) is 4.79 Å². The summed E-state index contributed by atoms with van der Waals surface area (Å²) in [5.74, 6) is -0.776. The van der Waals surface area contributed by atoms with Gasteiger partial charge in [0, 0.05) is 26.2 Å². The number of aromatic carboxylic acids is 1. The lowest BCUT2D eigenvalue weighted by Gasteiger charge is -2.35. The van der Waals surface area contributed by atoms with E-state index in [0.29, 0.717) is 12.1 Å². The van der Waals surface area contributed by atoms with Crippen LogP contribution in [0.25, 0.3) is 0 Å². The third kappa shape index (κ3) is 2.51. The second kappa shape index (κ2) is 5.48. The standard InChI is InChI=1S/C12H21N5O2/c1-3-9-10(12(18)19)11(13)17(14-9)16-7-5-15(4-2)6-8-16/h3-8,13H2,1-2H3,(H,18,19). The first-order chi connectivity index (χ1) is 9.08. The van der Waals surface area contributed by atoms with E-state index in [1.807, 2.05) is 11.9 Å². The van der Waals surface area contributed by atoms with E-state index in [1.54, 1.807) is 4.79 Å². The molecule has 0 bridgehead atoms. The molecule has 0 saturated carbocycles. The lowest BCUT2D eigenvalue weighted by molar-refractivity contribution is 0.0697. The SMILES string of the molecule is CCc1nn(N2CCN(CC)CC2)c(N)c1C(=O)O. The van der Waals surface area contributed by atoms with Crippen molar-refractivity contribution in [1.29, 1.82) is 0 Å². The van der Waals surface area contributed by atoms with Gasteiger partial charge in [-0.3, -0.25) is 9.91 Å². The molecule has 0 unspecified atom stereocenters. The van der Waals surface area contributed by atoms with Crippen molar-refractivity contribution < 1.29 is 9.90 Å². The van der Waals surface area contributed by atoms with Crippen molar-refractivity contribution in [1.82, 2.24) is 14.8 Å². The average molecular weight is 267 g/mol. The molecular weight excluding hydrogens is 246 g/mol. The molecule has 7 heteroatoms. The molecule has 0 spiro atoms. The molecule has 2 rings (SSSR count). The summed E-state index contributed by atoms with van der Waals surface area (Å²) in [7, 11) is 0. The van der Waals surface area contributed by atoms with Crippen molar-refractivity contribution >= 4 is 11.8 Å². The molecule has 106 valence electrons. The topological polar surface area (TPSA) is 87.6 Å². The molecule has 1 aliphatic heterocycles. The molecule has 3 N–H and O–H groups in total. The number of hydrogen-bond donors (Lipinski definition) is 2. The van der Waals surface area contributed by atoms with E-state index >= 15 is 0 Å². The molecule has 1 saturated heterocycles. The highest BCUT2D eigenvalue weighted by Gasteiger charge is 2.25. The fourth-order valence-electron chi connectivity index (χ4n) is 2.41. The maximum Gasteiger partial charge on any atom is 0.341 e. The van der Waals surface area contributed by atoms with Crippen LogP contribution in [0, 0.1) is 0 Å². The van der Waals surface area contributed by atoms with Crippen LogP contribution in [0.3, 0.4) is 0 Å². The largest absolute Gasteiger partial charge is 0.477 e. The fourth-order valence-corrected chi connectivity index (χ4v) is 2.41. The highest BCUT2D eigenvalue weighted by Crippen LogP contribution is 2.18. The number of carboxylic acids is 1. The highest BCUT2D eigenvalue weighted by molar-refractivity contribution is 5.94. The van der Waals surface area contributed by atoms with E-state index in [4.69, 9.17) is 5.73 Å². The average Bonchev–Trinajstić information content (AvgIpc) is 2.76. The van der Waals surface area contributed by atoms with Gasteiger partial charge in [0.15, 0.2) is 5.82 Å². The number of hydrogen-bond acceptors (Lipinski definition) is 5. The number of nitrogens with two attached hydrogens (primary N) is 1. The van der Waals surface area contributed by atoms with Crippen molar-refractivity contribution in [2.75, 3.05) is 43.5 Å². The Balaban J connectivity index is 2.24. The van der Waals surface area contributed by atoms with Crippen LogP contribution >= 0.6 is 0 Å². The van der Waals surface area contributed by atoms with Crippen molar-refractivity contribution in [2.45, 2.75) is 20.3 Å². The zero-order valence-electron chi connectivity index (χ0n) is 11.5. The Morgan fingerprint density at radius 1 is 1.32 bits per heavy atom. The van der Waals surface area contributed by atoms with Crippen LogP contribution in [0.1, 0.15) is 29.9 Å². The summed E-state index contributed by atoms with van der Waals surface area (Å²) in [6.07, 6.45) is 0.563. The number of carbonyl (C=O) groups is 1. The number of nitrogen functional groups attached to an aromatic ring is 1. The Morgan fingerprint density at radius 3 is 2.37 bits per heavy atom. The third-order valence-electron chi connectivity index (χ3n) is 3.59. The van der Waals surface area contributed by atoms with Gasteiger partial charge >= 0.3 is 5.97 Å². The zero-order chi connectivity index (χ0) is 14.0. The molecule has 0 aromatic carbocycles. The van der Waals surface area contributed by atoms with Gasteiger partial charge in [-0.15, -0.1) is 0 Å². The van der Waals surface area contributed by atoms with Crippen LogP contribution in [-0.2, 0) is 6.42 Å². The highest BCUT2D eigenvalue weighted by atomic mass is 16.4. The molecule has 1 fully saturated rings. The number of carboxylic acid groups (broad SMARTS) is 1. The molecular formula is C12H21N5O2. The van der Waals surface area contributed by atoms with Crippen LogP contribution in [-0.4, -0.2) is 58.6 Å². The number of likely N-dealkylation sites (N-methyl/N-ethyl adjacent to an activating group) is 1. The van der Waals surface area contributed by atoms with Crippen LogP contribution in [0.15, 0.2) is 0 Å². The van der Waals surface area contributed by atoms with E-state index < -0.39 is 5.97 Å². The van der Waals surface area contributed by atoms with Gasteiger partial charge in [0.1, 0.15) is 5.56 Å².